The van der Waals surface area contributed by atoms with Crippen LogP contribution in [0.5, 0.6) is 0 Å². The molecule has 0 heterocycles. The Bertz CT molecular complexity index is 506. The van der Waals surface area contributed by atoms with Crippen molar-refractivity contribution in [2.24, 2.45) is 4.99 Å². The van der Waals surface area contributed by atoms with E-state index in [1.807, 2.05) is 18.0 Å². The van der Waals surface area contributed by atoms with Crippen molar-refractivity contribution in [3.8, 4) is 0 Å². The first-order valence-electron chi connectivity index (χ1n) is 7.30. The average molecular weight is 309 g/mol. The van der Waals surface area contributed by atoms with Crippen molar-refractivity contribution < 1.29 is 13.9 Å². The molecule has 1 rings (SSSR count). The van der Waals surface area contributed by atoms with E-state index in [1.165, 1.54) is 19.2 Å². The van der Waals surface area contributed by atoms with Gasteiger partial charge in [-0.25, -0.2) is 4.39 Å². The zero-order chi connectivity index (χ0) is 16.4. The minimum absolute atomic E-state index is 0.187. The van der Waals surface area contributed by atoms with E-state index in [1.54, 1.807) is 13.1 Å². The third-order valence-electron chi connectivity index (χ3n) is 3.20. The average Bonchev–Trinajstić information content (AvgIpc) is 2.50. The van der Waals surface area contributed by atoms with Crippen LogP contribution in [0.2, 0.25) is 0 Å². The molecule has 0 spiro atoms. The monoisotopic (exact) mass is 309 g/mol. The van der Waals surface area contributed by atoms with Crippen LogP contribution in [0.3, 0.4) is 0 Å². The Morgan fingerprint density at radius 1 is 1.41 bits per heavy atom. The molecule has 1 N–H and O–H groups in total. The van der Waals surface area contributed by atoms with Gasteiger partial charge in [-0.2, -0.15) is 0 Å². The third kappa shape index (κ3) is 6.56. The maximum Gasteiger partial charge on any atom is 0.305 e. The van der Waals surface area contributed by atoms with Gasteiger partial charge in [-0.15, -0.1) is 0 Å². The number of nitrogens with one attached hydrogen (secondary N) is 1. The van der Waals surface area contributed by atoms with E-state index >= 15 is 0 Å². The lowest BCUT2D eigenvalue weighted by Crippen LogP contribution is -2.38. The molecule has 0 saturated heterocycles. The van der Waals surface area contributed by atoms with E-state index in [9.17, 15) is 9.18 Å². The molecule has 6 heteroatoms. The number of guanidine groups is 1. The summed E-state index contributed by atoms with van der Waals surface area (Å²) in [6.45, 7) is 1.29. The molecule has 0 bridgehead atoms. The molecular weight excluding hydrogens is 285 g/mol. The van der Waals surface area contributed by atoms with Gasteiger partial charge >= 0.3 is 5.97 Å². The minimum atomic E-state index is -0.239. The number of halogens is 1. The molecule has 0 unspecified atom stereocenters. The summed E-state index contributed by atoms with van der Waals surface area (Å²) in [6, 6.07) is 6.52. The lowest BCUT2D eigenvalue weighted by molar-refractivity contribution is -0.140. The number of hydrogen-bond donors (Lipinski definition) is 1. The molecule has 5 nitrogen and oxygen atoms in total. The first kappa shape index (κ1) is 17.9. The first-order chi connectivity index (χ1) is 10.6. The Labute approximate surface area is 131 Å². The normalized spacial score (nSPS) is 11.2. The van der Waals surface area contributed by atoms with E-state index in [2.05, 4.69) is 15.0 Å². The van der Waals surface area contributed by atoms with E-state index < -0.39 is 0 Å². The number of esters is 1. The largest absolute Gasteiger partial charge is 0.469 e. The molecule has 1 aromatic carbocycles. The van der Waals surface area contributed by atoms with Crippen LogP contribution in [0.25, 0.3) is 0 Å². The van der Waals surface area contributed by atoms with E-state index in [0.717, 1.165) is 30.9 Å². The Kier molecular flexibility index (Phi) is 7.96. The number of benzene rings is 1. The van der Waals surface area contributed by atoms with Crippen molar-refractivity contribution >= 4 is 11.9 Å². The van der Waals surface area contributed by atoms with Crippen LogP contribution in [0.15, 0.2) is 29.3 Å². The number of rotatable bonds is 7. The topological polar surface area (TPSA) is 53.9 Å². The summed E-state index contributed by atoms with van der Waals surface area (Å²) in [4.78, 5) is 17.1. The van der Waals surface area contributed by atoms with Crippen molar-refractivity contribution in [1.29, 1.82) is 0 Å². The summed E-state index contributed by atoms with van der Waals surface area (Å²) >= 11 is 0. The summed E-state index contributed by atoms with van der Waals surface area (Å²) in [7, 11) is 5.00. The molecular formula is C16H24FN3O2. The molecule has 0 aliphatic heterocycles. The molecule has 0 fully saturated rings. The number of aliphatic imine (C=N–C) groups is 1. The van der Waals surface area contributed by atoms with E-state index in [-0.39, 0.29) is 11.8 Å². The van der Waals surface area contributed by atoms with Crippen LogP contribution in [0, 0.1) is 5.82 Å². The highest BCUT2D eigenvalue weighted by Crippen LogP contribution is 2.06. The number of methoxy groups -OCH3 is 1. The third-order valence-corrected chi connectivity index (χ3v) is 3.20. The second-order valence-corrected chi connectivity index (χ2v) is 4.99. The van der Waals surface area contributed by atoms with Crippen molar-refractivity contribution in [1.82, 2.24) is 10.2 Å². The molecule has 1 aromatic rings. The van der Waals surface area contributed by atoms with Crippen LogP contribution in [-0.2, 0) is 16.1 Å². The highest BCUT2D eigenvalue weighted by molar-refractivity contribution is 5.79. The zero-order valence-electron chi connectivity index (χ0n) is 13.4. The van der Waals surface area contributed by atoms with Crippen LogP contribution in [0.1, 0.15) is 24.8 Å². The van der Waals surface area contributed by atoms with Gasteiger partial charge in [0.05, 0.1) is 7.11 Å². The molecule has 0 radical (unpaired) electrons. The molecule has 0 amide bonds. The molecule has 22 heavy (non-hydrogen) atoms. The lowest BCUT2D eigenvalue weighted by Gasteiger charge is -2.22. The SMILES string of the molecule is CN=C(NCCCCC(=O)OC)N(C)Cc1cccc(F)c1. The smallest absolute Gasteiger partial charge is 0.305 e. The van der Waals surface area contributed by atoms with Crippen molar-refractivity contribution in [2.45, 2.75) is 25.8 Å². The molecule has 0 aromatic heterocycles. The number of carbonyl (C=O) groups is 1. The first-order valence-corrected chi connectivity index (χ1v) is 7.30. The van der Waals surface area contributed by atoms with Gasteiger partial charge in [0, 0.05) is 33.6 Å². The standard InChI is InChI=1S/C16H24FN3O2/c1-18-16(19-10-5-4-9-15(21)22-3)20(2)12-13-7-6-8-14(17)11-13/h6-8,11H,4-5,9-10,12H2,1-3H3,(H,18,19). The highest BCUT2D eigenvalue weighted by atomic mass is 19.1. The minimum Gasteiger partial charge on any atom is -0.469 e. The van der Waals surface area contributed by atoms with Gasteiger partial charge in [0.2, 0.25) is 0 Å². The van der Waals surface area contributed by atoms with Crippen molar-refractivity contribution in [3.63, 3.8) is 0 Å². The predicted molar refractivity (Wildman–Crippen MR) is 85.1 cm³/mol. The summed E-state index contributed by atoms with van der Waals surface area (Å²) in [6.07, 6.45) is 2.04. The Morgan fingerprint density at radius 2 is 2.18 bits per heavy atom. The number of nitrogens with zero attached hydrogens (tertiary/aromatic N) is 2. The summed E-state index contributed by atoms with van der Waals surface area (Å²) < 4.78 is 17.8. The van der Waals surface area contributed by atoms with Gasteiger partial charge in [0.25, 0.3) is 0 Å². The van der Waals surface area contributed by atoms with Gasteiger partial charge in [-0.3, -0.25) is 9.79 Å². The van der Waals surface area contributed by atoms with Gasteiger partial charge < -0.3 is 15.0 Å². The van der Waals surface area contributed by atoms with Crippen LogP contribution >= 0.6 is 0 Å². The Hall–Kier alpha value is -2.11. The number of unbranched alkanes of at least 4 members (excludes halogenated alkanes) is 1. The summed E-state index contributed by atoms with van der Waals surface area (Å²) in [5.74, 6) is 0.312. The van der Waals surface area contributed by atoms with Crippen LogP contribution in [0.4, 0.5) is 4.39 Å². The predicted octanol–water partition coefficient (Wildman–Crippen LogP) is 2.18. The molecule has 122 valence electrons. The maximum atomic E-state index is 13.2. The maximum absolute atomic E-state index is 13.2. The quantitative estimate of drug-likeness (QED) is 0.363. The second kappa shape index (κ2) is 9.76. The molecule has 0 atom stereocenters. The Balaban J connectivity index is 2.36. The summed E-state index contributed by atoms with van der Waals surface area (Å²) in [5, 5.41) is 3.23. The fourth-order valence-electron chi connectivity index (χ4n) is 2.07. The fourth-order valence-corrected chi connectivity index (χ4v) is 2.07. The van der Waals surface area contributed by atoms with E-state index in [0.29, 0.717) is 13.0 Å². The van der Waals surface area contributed by atoms with Gasteiger partial charge in [-0.05, 0) is 30.5 Å². The van der Waals surface area contributed by atoms with Crippen molar-refractivity contribution in [2.75, 3.05) is 27.7 Å². The molecule has 0 aliphatic rings. The fraction of sp³-hybridized carbons (Fsp3) is 0.500. The van der Waals surface area contributed by atoms with Gasteiger partial charge in [0.1, 0.15) is 5.82 Å². The summed E-state index contributed by atoms with van der Waals surface area (Å²) in [5.41, 5.74) is 0.885. The number of carbonyl (C=O) groups excluding carboxylic acids is 1. The van der Waals surface area contributed by atoms with Gasteiger partial charge in [0.15, 0.2) is 5.96 Å². The highest BCUT2D eigenvalue weighted by Gasteiger charge is 2.07. The van der Waals surface area contributed by atoms with Crippen LogP contribution in [-0.4, -0.2) is 44.6 Å². The number of ether oxygens (including phenoxy) is 1. The van der Waals surface area contributed by atoms with Crippen LogP contribution < -0.4 is 5.32 Å². The Morgan fingerprint density at radius 3 is 2.82 bits per heavy atom. The van der Waals surface area contributed by atoms with Crippen molar-refractivity contribution in [3.05, 3.63) is 35.6 Å². The molecule has 0 aliphatic carbocycles. The zero-order valence-corrected chi connectivity index (χ0v) is 13.4. The molecule has 0 saturated carbocycles. The van der Waals surface area contributed by atoms with Gasteiger partial charge in [-0.1, -0.05) is 12.1 Å². The number of hydrogen-bond acceptors (Lipinski definition) is 3. The second-order valence-electron chi connectivity index (χ2n) is 4.99. The lowest BCUT2D eigenvalue weighted by atomic mass is 10.2. The van der Waals surface area contributed by atoms with E-state index in [4.69, 9.17) is 0 Å².